The van der Waals surface area contributed by atoms with Crippen LogP contribution >= 0.6 is 11.6 Å². The molecule has 8 nitrogen and oxygen atoms in total. The molecule has 3 N–H and O–H groups in total. The van der Waals surface area contributed by atoms with E-state index in [0.29, 0.717) is 22.9 Å². The molecule has 2 heterocycles. The molecule has 37 heavy (non-hydrogen) atoms. The lowest BCUT2D eigenvalue weighted by Crippen LogP contribution is -2.21. The zero-order valence-corrected chi connectivity index (χ0v) is 18.9. The molecule has 0 fully saturated rings. The number of benzene rings is 2. The molecule has 0 saturated heterocycles. The smallest absolute Gasteiger partial charge is 0.475 e. The number of nitrogens with one attached hydrogen (secondary N) is 2. The van der Waals surface area contributed by atoms with E-state index in [1.165, 1.54) is 12.1 Å². The minimum absolute atomic E-state index is 0.171. The zero-order valence-electron chi connectivity index (χ0n) is 18.1. The number of rotatable bonds is 5. The maximum atomic E-state index is 13.0. The molecule has 0 bridgehead atoms. The number of carbonyl (C=O) groups is 1. The Kier molecular flexibility index (Phi) is 8.22. The third-order valence-corrected chi connectivity index (χ3v) is 4.59. The first-order valence-electron chi connectivity index (χ1n) is 9.88. The number of aromatic amines is 1. The monoisotopic (exact) mass is 545 g/mol. The Morgan fingerprint density at radius 2 is 1.62 bits per heavy atom. The van der Waals surface area contributed by atoms with Crippen LogP contribution in [-0.4, -0.2) is 37.4 Å². The molecule has 4 aromatic rings. The van der Waals surface area contributed by atoms with E-state index in [2.05, 4.69) is 25.5 Å². The third-order valence-electron chi connectivity index (χ3n) is 4.26. The van der Waals surface area contributed by atoms with Crippen molar-refractivity contribution in [3.8, 4) is 22.9 Å². The summed E-state index contributed by atoms with van der Waals surface area (Å²) in [5.74, 6) is -0.946. The van der Waals surface area contributed by atoms with Gasteiger partial charge in [0.05, 0.1) is 10.6 Å². The van der Waals surface area contributed by atoms with Crippen LogP contribution in [0.15, 0.2) is 67.0 Å². The number of halogens is 7. The molecule has 0 spiro atoms. The fourth-order valence-corrected chi connectivity index (χ4v) is 2.88. The first-order valence-corrected chi connectivity index (χ1v) is 10.3. The number of aliphatic carboxylic acids is 1. The number of aromatic nitrogens is 4. The maximum absolute atomic E-state index is 13.0. The van der Waals surface area contributed by atoms with Gasteiger partial charge in [0.15, 0.2) is 5.82 Å². The molecule has 0 unspecified atom stereocenters. The second-order valence-electron chi connectivity index (χ2n) is 6.96. The van der Waals surface area contributed by atoms with E-state index in [1.54, 1.807) is 48.8 Å². The van der Waals surface area contributed by atoms with E-state index in [9.17, 15) is 26.3 Å². The summed E-state index contributed by atoms with van der Waals surface area (Å²) in [7, 11) is 0. The number of hydrogen-bond acceptors (Lipinski definition) is 6. The summed E-state index contributed by atoms with van der Waals surface area (Å²) in [5.41, 5.74) is -0.0757. The molecule has 4 rings (SSSR count). The van der Waals surface area contributed by atoms with Crippen LogP contribution in [0.25, 0.3) is 11.4 Å². The van der Waals surface area contributed by atoms with E-state index in [-0.39, 0.29) is 16.7 Å². The van der Waals surface area contributed by atoms with Gasteiger partial charge in [0.25, 0.3) is 0 Å². The summed E-state index contributed by atoms with van der Waals surface area (Å²) in [5, 5.41) is 17.5. The Hall–Kier alpha value is -4.33. The van der Waals surface area contributed by atoms with Gasteiger partial charge in [-0.25, -0.2) is 4.79 Å². The van der Waals surface area contributed by atoms with E-state index in [0.717, 1.165) is 6.07 Å². The van der Waals surface area contributed by atoms with Gasteiger partial charge in [-0.05, 0) is 42.5 Å². The highest BCUT2D eigenvalue weighted by atomic mass is 35.5. The minimum atomic E-state index is -5.08. The molecule has 194 valence electrons. The average Bonchev–Trinajstić information content (AvgIpc) is 3.29. The van der Waals surface area contributed by atoms with Crippen LogP contribution in [0.4, 0.5) is 38.0 Å². The molecule has 0 saturated carbocycles. The van der Waals surface area contributed by atoms with Crippen molar-refractivity contribution < 1.29 is 41.0 Å². The van der Waals surface area contributed by atoms with Gasteiger partial charge in [-0.1, -0.05) is 23.7 Å². The van der Waals surface area contributed by atoms with Crippen LogP contribution in [0.1, 0.15) is 5.56 Å². The minimum Gasteiger partial charge on any atom is -0.475 e. The van der Waals surface area contributed by atoms with Crippen LogP contribution in [0.2, 0.25) is 5.02 Å². The Labute approximate surface area is 208 Å². The highest BCUT2D eigenvalue weighted by Crippen LogP contribution is 2.36. The lowest BCUT2D eigenvalue weighted by Gasteiger charge is -2.11. The number of hydrogen-bond donors (Lipinski definition) is 3. The van der Waals surface area contributed by atoms with Gasteiger partial charge in [0, 0.05) is 23.6 Å². The van der Waals surface area contributed by atoms with Crippen molar-refractivity contribution in [1.82, 2.24) is 20.2 Å². The van der Waals surface area contributed by atoms with Crippen molar-refractivity contribution in [1.29, 1.82) is 0 Å². The summed E-state index contributed by atoms with van der Waals surface area (Å²) in [6.45, 7) is 0. The third kappa shape index (κ3) is 7.83. The maximum Gasteiger partial charge on any atom is 0.490 e. The number of nitrogens with zero attached hydrogens (tertiary/aromatic N) is 3. The van der Waals surface area contributed by atoms with Crippen LogP contribution in [-0.2, 0) is 11.0 Å². The molecule has 0 radical (unpaired) electrons. The van der Waals surface area contributed by atoms with Gasteiger partial charge in [0.1, 0.15) is 11.5 Å². The van der Waals surface area contributed by atoms with Gasteiger partial charge in [-0.3, -0.25) is 4.98 Å². The lowest BCUT2D eigenvalue weighted by molar-refractivity contribution is -0.192. The molecule has 2 aromatic heterocycles. The Balaban J connectivity index is 0.000000479. The summed E-state index contributed by atoms with van der Waals surface area (Å²) < 4.78 is 76.6. The number of ether oxygens (including phenoxy) is 1. The van der Waals surface area contributed by atoms with Gasteiger partial charge in [0.2, 0.25) is 5.95 Å². The molecule has 2 aromatic carbocycles. The first kappa shape index (κ1) is 27.3. The highest BCUT2D eigenvalue weighted by Gasteiger charge is 2.38. The van der Waals surface area contributed by atoms with Crippen molar-refractivity contribution in [3.63, 3.8) is 0 Å². The fraction of sp³-hybridized carbons (Fsp3) is 0.0909. The number of carboxylic acid groups (broad SMARTS) is 1. The molecular formula is C22H14ClF6N5O3. The first-order chi connectivity index (χ1) is 17.3. The second kappa shape index (κ2) is 11.2. The number of carboxylic acids is 1. The molecule has 0 aliphatic heterocycles. The number of pyridine rings is 1. The molecule has 0 aliphatic rings. The Morgan fingerprint density at radius 3 is 2.24 bits per heavy atom. The molecule has 0 aliphatic carbocycles. The number of alkyl halides is 6. The summed E-state index contributed by atoms with van der Waals surface area (Å²) in [4.78, 5) is 15.8. The second-order valence-corrected chi connectivity index (χ2v) is 7.36. The van der Waals surface area contributed by atoms with Crippen LogP contribution < -0.4 is 10.1 Å². The van der Waals surface area contributed by atoms with E-state index in [4.69, 9.17) is 26.2 Å². The van der Waals surface area contributed by atoms with Crippen LogP contribution in [0.5, 0.6) is 11.5 Å². The molecule has 0 amide bonds. The number of H-pyrrole nitrogens is 1. The average molecular weight is 546 g/mol. The van der Waals surface area contributed by atoms with Gasteiger partial charge in [-0.2, -0.15) is 26.3 Å². The van der Waals surface area contributed by atoms with Crippen molar-refractivity contribution in [2.75, 3.05) is 5.32 Å². The largest absolute Gasteiger partial charge is 0.490 e. The normalized spacial score (nSPS) is 11.3. The van der Waals surface area contributed by atoms with E-state index >= 15 is 0 Å². The van der Waals surface area contributed by atoms with Crippen LogP contribution in [0, 0.1) is 0 Å². The van der Waals surface area contributed by atoms with E-state index < -0.39 is 23.9 Å². The summed E-state index contributed by atoms with van der Waals surface area (Å²) >= 11 is 5.64. The molecule has 15 heteroatoms. The quantitative estimate of drug-likeness (QED) is 0.239. The number of anilines is 2. The van der Waals surface area contributed by atoms with Crippen molar-refractivity contribution in [3.05, 3.63) is 77.6 Å². The summed E-state index contributed by atoms with van der Waals surface area (Å²) in [6, 6.07) is 14.1. The fourth-order valence-electron chi connectivity index (χ4n) is 2.65. The predicted molar refractivity (Wildman–Crippen MR) is 120 cm³/mol. The van der Waals surface area contributed by atoms with Crippen LogP contribution in [0.3, 0.4) is 0 Å². The zero-order chi connectivity index (χ0) is 27.2. The Bertz CT molecular complexity index is 1360. The van der Waals surface area contributed by atoms with Crippen molar-refractivity contribution in [2.45, 2.75) is 12.4 Å². The predicted octanol–water partition coefficient (Wildman–Crippen LogP) is 6.71. The van der Waals surface area contributed by atoms with Crippen molar-refractivity contribution >= 4 is 29.2 Å². The highest BCUT2D eigenvalue weighted by molar-refractivity contribution is 6.31. The van der Waals surface area contributed by atoms with Gasteiger partial charge >= 0.3 is 18.3 Å². The van der Waals surface area contributed by atoms with E-state index in [1.807, 2.05) is 0 Å². The van der Waals surface area contributed by atoms with Gasteiger partial charge in [-0.15, -0.1) is 10.2 Å². The van der Waals surface area contributed by atoms with Crippen molar-refractivity contribution in [2.24, 2.45) is 0 Å². The SMILES string of the molecule is FC(F)(F)c1cc(Nc2nnc(-c3cccc(Oc4ccncc4)c3)[nH]2)ccc1Cl.O=C(O)C(F)(F)F. The van der Waals surface area contributed by atoms with Gasteiger partial charge < -0.3 is 20.1 Å². The Morgan fingerprint density at radius 1 is 0.946 bits per heavy atom. The molecule has 0 atom stereocenters. The summed E-state index contributed by atoms with van der Waals surface area (Å²) in [6.07, 6.45) is -6.40. The molecular weight excluding hydrogens is 532 g/mol. The lowest BCUT2D eigenvalue weighted by atomic mass is 10.2. The standard InChI is InChI=1S/C20H13ClF3N5O.C2HF3O2/c21-17-5-4-13(11-16(17)20(22,23)24)26-19-27-18(28-29-19)12-2-1-3-15(10-12)30-14-6-8-25-9-7-14;3-2(4,5)1(6)7/h1-11H,(H2,26,27,28,29);(H,6,7). The topological polar surface area (TPSA) is 113 Å².